The second-order valence-electron chi connectivity index (χ2n) is 4.00. The Balaban J connectivity index is 2.11. The van der Waals surface area contributed by atoms with Crippen molar-refractivity contribution >= 4 is 22.9 Å². The monoisotopic (exact) mass is 264 g/mol. The maximum Gasteiger partial charge on any atom is 0.266 e. The molecule has 0 saturated carbocycles. The standard InChI is InChI=1S/C13H13FN2OS/c1-16(8-9-3-2-4-10(14)7-9)13(17)12-11(15)5-6-18-12/h2-7H,8,15H2,1H3. The number of amides is 1. The molecule has 94 valence electrons. The Morgan fingerprint density at radius 3 is 2.83 bits per heavy atom. The van der Waals surface area contributed by atoms with Crippen LogP contribution in [0.25, 0.3) is 0 Å². The lowest BCUT2D eigenvalue weighted by atomic mass is 10.2. The molecule has 3 nitrogen and oxygen atoms in total. The van der Waals surface area contributed by atoms with E-state index in [2.05, 4.69) is 0 Å². The van der Waals surface area contributed by atoms with Crippen molar-refractivity contribution in [3.05, 3.63) is 52.0 Å². The van der Waals surface area contributed by atoms with E-state index in [-0.39, 0.29) is 11.7 Å². The molecule has 0 radical (unpaired) electrons. The highest BCUT2D eigenvalue weighted by atomic mass is 32.1. The summed E-state index contributed by atoms with van der Waals surface area (Å²) < 4.78 is 13.0. The zero-order valence-electron chi connectivity index (χ0n) is 9.89. The number of anilines is 1. The number of thiophene rings is 1. The van der Waals surface area contributed by atoms with E-state index < -0.39 is 0 Å². The van der Waals surface area contributed by atoms with Gasteiger partial charge in [-0.2, -0.15) is 0 Å². The molecular formula is C13H13FN2OS. The molecular weight excluding hydrogens is 251 g/mol. The molecule has 0 aliphatic rings. The third kappa shape index (κ3) is 2.68. The topological polar surface area (TPSA) is 46.3 Å². The molecule has 18 heavy (non-hydrogen) atoms. The van der Waals surface area contributed by atoms with Gasteiger partial charge in [-0.05, 0) is 29.1 Å². The van der Waals surface area contributed by atoms with Crippen LogP contribution in [0.3, 0.4) is 0 Å². The average Bonchev–Trinajstić information content (AvgIpc) is 2.74. The van der Waals surface area contributed by atoms with Crippen LogP contribution in [0.5, 0.6) is 0 Å². The number of hydrogen-bond donors (Lipinski definition) is 1. The Hall–Kier alpha value is -1.88. The Morgan fingerprint density at radius 2 is 2.22 bits per heavy atom. The SMILES string of the molecule is CN(Cc1cccc(F)c1)C(=O)c1sccc1N. The highest BCUT2D eigenvalue weighted by Gasteiger charge is 2.16. The number of nitrogens with zero attached hydrogens (tertiary/aromatic N) is 1. The summed E-state index contributed by atoms with van der Waals surface area (Å²) in [6, 6.07) is 7.91. The zero-order chi connectivity index (χ0) is 13.1. The fourth-order valence-electron chi connectivity index (χ4n) is 1.65. The van der Waals surface area contributed by atoms with Crippen molar-refractivity contribution in [2.45, 2.75) is 6.54 Å². The first kappa shape index (κ1) is 12.6. The number of carbonyl (C=O) groups is 1. The first-order chi connectivity index (χ1) is 8.58. The van der Waals surface area contributed by atoms with E-state index in [1.165, 1.54) is 28.4 Å². The normalized spacial score (nSPS) is 10.3. The minimum absolute atomic E-state index is 0.147. The van der Waals surface area contributed by atoms with Crippen LogP contribution in [0.2, 0.25) is 0 Å². The summed E-state index contributed by atoms with van der Waals surface area (Å²) in [5.41, 5.74) is 6.93. The summed E-state index contributed by atoms with van der Waals surface area (Å²) in [4.78, 5) is 14.1. The predicted octanol–water partition coefficient (Wildman–Crippen LogP) is 2.74. The molecule has 0 saturated heterocycles. The summed E-state index contributed by atoms with van der Waals surface area (Å²) >= 11 is 1.31. The fraction of sp³-hybridized carbons (Fsp3) is 0.154. The number of benzene rings is 1. The molecule has 1 aromatic carbocycles. The lowest BCUT2D eigenvalue weighted by Gasteiger charge is -2.16. The molecule has 2 rings (SSSR count). The molecule has 0 fully saturated rings. The maximum absolute atomic E-state index is 13.0. The molecule has 2 N–H and O–H groups in total. The number of rotatable bonds is 3. The van der Waals surface area contributed by atoms with Crippen molar-refractivity contribution in [2.24, 2.45) is 0 Å². The second-order valence-corrected chi connectivity index (χ2v) is 4.91. The average molecular weight is 264 g/mol. The zero-order valence-corrected chi connectivity index (χ0v) is 10.7. The Labute approximate surface area is 109 Å². The first-order valence-corrected chi connectivity index (χ1v) is 6.29. The van der Waals surface area contributed by atoms with Gasteiger partial charge < -0.3 is 10.6 Å². The van der Waals surface area contributed by atoms with E-state index in [4.69, 9.17) is 5.73 Å². The van der Waals surface area contributed by atoms with Crippen LogP contribution in [0.4, 0.5) is 10.1 Å². The van der Waals surface area contributed by atoms with Gasteiger partial charge in [0, 0.05) is 13.6 Å². The smallest absolute Gasteiger partial charge is 0.266 e. The van der Waals surface area contributed by atoms with Crippen molar-refractivity contribution in [1.29, 1.82) is 0 Å². The van der Waals surface area contributed by atoms with E-state index in [1.807, 2.05) is 0 Å². The third-order valence-electron chi connectivity index (χ3n) is 2.55. The van der Waals surface area contributed by atoms with Crippen molar-refractivity contribution in [2.75, 3.05) is 12.8 Å². The Bertz CT molecular complexity index is 568. The van der Waals surface area contributed by atoms with Crippen LogP contribution in [-0.2, 0) is 6.54 Å². The van der Waals surface area contributed by atoms with E-state index in [0.717, 1.165) is 5.56 Å². The van der Waals surface area contributed by atoms with E-state index >= 15 is 0 Å². The summed E-state index contributed by atoms with van der Waals surface area (Å²) in [6.07, 6.45) is 0. The van der Waals surface area contributed by atoms with Crippen molar-refractivity contribution < 1.29 is 9.18 Å². The van der Waals surface area contributed by atoms with Crippen LogP contribution in [0, 0.1) is 5.82 Å². The van der Waals surface area contributed by atoms with Gasteiger partial charge in [0.1, 0.15) is 10.7 Å². The summed E-state index contributed by atoms with van der Waals surface area (Å²) in [5.74, 6) is -0.448. The molecule has 0 atom stereocenters. The van der Waals surface area contributed by atoms with Gasteiger partial charge in [0.05, 0.1) is 5.69 Å². The highest BCUT2D eigenvalue weighted by molar-refractivity contribution is 7.12. The van der Waals surface area contributed by atoms with Crippen LogP contribution in [0.15, 0.2) is 35.7 Å². The van der Waals surface area contributed by atoms with Gasteiger partial charge in [0.15, 0.2) is 0 Å². The van der Waals surface area contributed by atoms with Crippen molar-refractivity contribution in [3.8, 4) is 0 Å². The van der Waals surface area contributed by atoms with Gasteiger partial charge in [-0.1, -0.05) is 12.1 Å². The fourth-order valence-corrected chi connectivity index (χ4v) is 2.46. The summed E-state index contributed by atoms with van der Waals surface area (Å²) in [6.45, 7) is 0.355. The Kier molecular flexibility index (Phi) is 3.62. The van der Waals surface area contributed by atoms with Crippen LogP contribution in [0.1, 0.15) is 15.2 Å². The lowest BCUT2D eigenvalue weighted by Crippen LogP contribution is -2.26. The molecule has 1 amide bonds. The van der Waals surface area contributed by atoms with Crippen molar-refractivity contribution in [1.82, 2.24) is 4.90 Å². The molecule has 1 heterocycles. The van der Waals surface area contributed by atoms with Gasteiger partial charge in [-0.15, -0.1) is 11.3 Å². The lowest BCUT2D eigenvalue weighted by molar-refractivity contribution is 0.0790. The van der Waals surface area contributed by atoms with Gasteiger partial charge in [-0.3, -0.25) is 4.79 Å². The minimum atomic E-state index is -0.302. The maximum atomic E-state index is 13.0. The van der Waals surface area contributed by atoms with Gasteiger partial charge in [0.25, 0.3) is 5.91 Å². The van der Waals surface area contributed by atoms with Gasteiger partial charge >= 0.3 is 0 Å². The molecule has 0 aliphatic carbocycles. The number of carbonyl (C=O) groups excluding carboxylic acids is 1. The second kappa shape index (κ2) is 5.18. The molecule has 0 unspecified atom stereocenters. The third-order valence-corrected chi connectivity index (χ3v) is 3.46. The van der Waals surface area contributed by atoms with Gasteiger partial charge in [-0.25, -0.2) is 4.39 Å². The van der Waals surface area contributed by atoms with Crippen LogP contribution >= 0.6 is 11.3 Å². The molecule has 1 aromatic heterocycles. The molecule has 2 aromatic rings. The number of nitrogens with two attached hydrogens (primary N) is 1. The summed E-state index contributed by atoms with van der Waals surface area (Å²) in [7, 11) is 1.67. The first-order valence-electron chi connectivity index (χ1n) is 5.41. The quantitative estimate of drug-likeness (QED) is 0.926. The largest absolute Gasteiger partial charge is 0.397 e. The van der Waals surface area contributed by atoms with E-state index in [1.54, 1.807) is 30.6 Å². The molecule has 5 heteroatoms. The number of halogens is 1. The Morgan fingerprint density at radius 1 is 1.44 bits per heavy atom. The molecule has 0 aliphatic heterocycles. The predicted molar refractivity (Wildman–Crippen MR) is 70.9 cm³/mol. The number of nitrogen functional groups attached to an aromatic ring is 1. The van der Waals surface area contributed by atoms with Crippen LogP contribution in [-0.4, -0.2) is 17.9 Å². The highest BCUT2D eigenvalue weighted by Crippen LogP contribution is 2.21. The molecule has 0 bridgehead atoms. The summed E-state index contributed by atoms with van der Waals surface area (Å²) in [5, 5.41) is 1.78. The molecule has 0 spiro atoms. The number of hydrogen-bond acceptors (Lipinski definition) is 3. The minimum Gasteiger partial charge on any atom is -0.397 e. The van der Waals surface area contributed by atoms with E-state index in [9.17, 15) is 9.18 Å². The van der Waals surface area contributed by atoms with Gasteiger partial charge in [0.2, 0.25) is 0 Å². The van der Waals surface area contributed by atoms with Crippen molar-refractivity contribution in [3.63, 3.8) is 0 Å². The van der Waals surface area contributed by atoms with E-state index in [0.29, 0.717) is 17.1 Å². The van der Waals surface area contributed by atoms with Crippen LogP contribution < -0.4 is 5.73 Å².